The summed E-state index contributed by atoms with van der Waals surface area (Å²) in [7, 11) is -3.54. The summed E-state index contributed by atoms with van der Waals surface area (Å²) in [5, 5.41) is 5.82. The number of nitrogens with one attached hydrogen (secondary N) is 2. The number of piperidine rings is 1. The number of rotatable bonds is 7. The largest absolute Gasteiger partial charge is 0.466 e. The summed E-state index contributed by atoms with van der Waals surface area (Å²) in [5.74, 6) is -0.730. The van der Waals surface area contributed by atoms with Gasteiger partial charge in [-0.25, -0.2) is 8.42 Å². The Labute approximate surface area is 166 Å². The van der Waals surface area contributed by atoms with E-state index in [4.69, 9.17) is 4.74 Å². The Morgan fingerprint density at radius 3 is 2.30 bits per heavy atom. The number of halogens is 1. The van der Waals surface area contributed by atoms with Gasteiger partial charge in [0.25, 0.3) is 0 Å². The van der Waals surface area contributed by atoms with Gasteiger partial charge in [-0.1, -0.05) is 12.1 Å². The monoisotopic (exact) mass is 418 g/mol. The molecule has 0 saturated carbocycles. The Bertz CT molecular complexity index is 744. The zero-order valence-electron chi connectivity index (χ0n) is 15.6. The molecule has 1 fully saturated rings. The molecule has 0 radical (unpaired) electrons. The van der Waals surface area contributed by atoms with Crippen molar-refractivity contribution >= 4 is 39.8 Å². The average molecular weight is 419 g/mol. The minimum absolute atomic E-state index is 0. The first kappa shape index (κ1) is 23.4. The highest BCUT2D eigenvalue weighted by Crippen LogP contribution is 2.29. The normalized spacial score (nSPS) is 16.1. The van der Waals surface area contributed by atoms with Gasteiger partial charge in [0.05, 0.1) is 6.61 Å². The molecule has 0 aliphatic carbocycles. The molecular formula is C18H27ClN2O5S. The second kappa shape index (κ2) is 10.1. The summed E-state index contributed by atoms with van der Waals surface area (Å²) in [6, 6.07) is 7.06. The van der Waals surface area contributed by atoms with E-state index >= 15 is 0 Å². The number of benzene rings is 1. The minimum atomic E-state index is -3.54. The third-order valence-electron chi connectivity index (χ3n) is 4.67. The maximum Gasteiger partial charge on any atom is 0.306 e. The zero-order valence-corrected chi connectivity index (χ0v) is 17.2. The summed E-state index contributed by atoms with van der Waals surface area (Å²) >= 11 is 0. The first-order valence-electron chi connectivity index (χ1n) is 8.75. The van der Waals surface area contributed by atoms with Crippen molar-refractivity contribution in [2.75, 3.05) is 31.3 Å². The number of carbonyl (C=O) groups is 2. The van der Waals surface area contributed by atoms with Crippen LogP contribution in [-0.4, -0.2) is 51.0 Å². The highest BCUT2D eigenvalue weighted by Gasteiger charge is 2.48. The number of sulfone groups is 1. The van der Waals surface area contributed by atoms with Crippen molar-refractivity contribution in [2.24, 2.45) is 0 Å². The van der Waals surface area contributed by atoms with Crippen LogP contribution in [0.25, 0.3) is 0 Å². The molecule has 0 spiro atoms. The van der Waals surface area contributed by atoms with Crippen molar-refractivity contribution in [2.45, 2.75) is 37.4 Å². The molecule has 0 atom stereocenters. The van der Waals surface area contributed by atoms with Crippen LogP contribution in [0.15, 0.2) is 24.3 Å². The van der Waals surface area contributed by atoms with Crippen LogP contribution in [0.2, 0.25) is 0 Å². The third-order valence-corrected chi connectivity index (χ3v) is 6.68. The van der Waals surface area contributed by atoms with E-state index in [0.29, 0.717) is 38.2 Å². The van der Waals surface area contributed by atoms with E-state index in [0.717, 1.165) is 11.8 Å². The SMILES string of the molecule is CCOC(=O)CCc1ccc(NC(=O)C2(S(C)(=O)=O)CCNCC2)cc1.Cl. The van der Waals surface area contributed by atoms with Crippen LogP contribution in [0.5, 0.6) is 0 Å². The number of anilines is 1. The first-order chi connectivity index (χ1) is 12.3. The highest BCUT2D eigenvalue weighted by atomic mass is 35.5. The molecule has 152 valence electrons. The van der Waals surface area contributed by atoms with Crippen LogP contribution >= 0.6 is 12.4 Å². The average Bonchev–Trinajstić information content (AvgIpc) is 2.61. The predicted molar refractivity (Wildman–Crippen MR) is 107 cm³/mol. The van der Waals surface area contributed by atoms with Gasteiger partial charge in [0.2, 0.25) is 5.91 Å². The van der Waals surface area contributed by atoms with Crippen LogP contribution in [0, 0.1) is 0 Å². The molecule has 1 saturated heterocycles. The van der Waals surface area contributed by atoms with E-state index < -0.39 is 20.5 Å². The van der Waals surface area contributed by atoms with E-state index in [1.807, 2.05) is 12.1 Å². The molecule has 0 aromatic heterocycles. The fraction of sp³-hybridized carbons (Fsp3) is 0.556. The van der Waals surface area contributed by atoms with Crippen molar-refractivity contribution < 1.29 is 22.7 Å². The maximum absolute atomic E-state index is 12.7. The van der Waals surface area contributed by atoms with Crippen LogP contribution in [0.3, 0.4) is 0 Å². The number of carbonyl (C=O) groups excluding carboxylic acids is 2. The van der Waals surface area contributed by atoms with Crippen LogP contribution < -0.4 is 10.6 Å². The van der Waals surface area contributed by atoms with Crippen LogP contribution in [0.4, 0.5) is 5.69 Å². The molecule has 7 nitrogen and oxygen atoms in total. The Hall–Kier alpha value is -1.64. The number of hydrogen-bond acceptors (Lipinski definition) is 6. The van der Waals surface area contributed by atoms with Crippen LogP contribution in [-0.2, 0) is 30.6 Å². The zero-order chi connectivity index (χ0) is 19.2. The number of esters is 1. The molecule has 9 heteroatoms. The number of ether oxygens (including phenoxy) is 1. The summed E-state index contributed by atoms with van der Waals surface area (Å²) in [4.78, 5) is 24.1. The van der Waals surface area contributed by atoms with Crippen molar-refractivity contribution in [1.29, 1.82) is 0 Å². The van der Waals surface area contributed by atoms with Gasteiger partial charge in [0, 0.05) is 18.4 Å². The summed E-state index contributed by atoms with van der Waals surface area (Å²) in [5.41, 5.74) is 1.48. The van der Waals surface area contributed by atoms with Gasteiger partial charge in [-0.15, -0.1) is 12.4 Å². The lowest BCUT2D eigenvalue weighted by molar-refractivity contribution is -0.143. The number of amides is 1. The molecule has 0 bridgehead atoms. The molecule has 0 unspecified atom stereocenters. The van der Waals surface area contributed by atoms with Gasteiger partial charge in [-0.3, -0.25) is 9.59 Å². The Kier molecular flexibility index (Phi) is 8.71. The molecule has 27 heavy (non-hydrogen) atoms. The van der Waals surface area contributed by atoms with Crippen molar-refractivity contribution in [3.8, 4) is 0 Å². The van der Waals surface area contributed by atoms with Gasteiger partial charge >= 0.3 is 5.97 Å². The first-order valence-corrected chi connectivity index (χ1v) is 10.6. The lowest BCUT2D eigenvalue weighted by atomic mass is 9.95. The second-order valence-electron chi connectivity index (χ2n) is 6.47. The summed E-state index contributed by atoms with van der Waals surface area (Å²) in [6.07, 6.45) is 2.48. The van der Waals surface area contributed by atoms with Gasteiger partial charge < -0.3 is 15.4 Å². The fourth-order valence-corrected chi connectivity index (χ4v) is 4.41. The Morgan fingerprint density at radius 2 is 1.78 bits per heavy atom. The Morgan fingerprint density at radius 1 is 1.19 bits per heavy atom. The predicted octanol–water partition coefficient (Wildman–Crippen LogP) is 1.71. The van der Waals surface area contributed by atoms with Crippen molar-refractivity contribution in [3.63, 3.8) is 0 Å². The molecule has 1 aliphatic heterocycles. The lowest BCUT2D eigenvalue weighted by Gasteiger charge is -2.34. The molecule has 2 rings (SSSR count). The van der Waals surface area contributed by atoms with E-state index in [9.17, 15) is 18.0 Å². The van der Waals surface area contributed by atoms with Crippen molar-refractivity contribution in [1.82, 2.24) is 5.32 Å². The number of aryl methyl sites for hydroxylation is 1. The number of hydrogen-bond donors (Lipinski definition) is 2. The van der Waals surface area contributed by atoms with E-state index in [2.05, 4.69) is 10.6 Å². The van der Waals surface area contributed by atoms with E-state index in [1.54, 1.807) is 19.1 Å². The minimum Gasteiger partial charge on any atom is -0.466 e. The topological polar surface area (TPSA) is 102 Å². The standard InChI is InChI=1S/C18H26N2O5S.ClH/c1-3-25-16(21)9-6-14-4-7-15(8-5-14)20-17(22)18(26(2,23)24)10-12-19-13-11-18;/h4-5,7-8,19H,3,6,9-13H2,1-2H3,(H,20,22);1H. The smallest absolute Gasteiger partial charge is 0.306 e. The van der Waals surface area contributed by atoms with E-state index in [-0.39, 0.29) is 31.2 Å². The molecule has 1 heterocycles. The quantitative estimate of drug-likeness (QED) is 0.653. The molecular weight excluding hydrogens is 392 g/mol. The summed E-state index contributed by atoms with van der Waals surface area (Å²) < 4.78 is 28.0. The second-order valence-corrected chi connectivity index (χ2v) is 8.80. The van der Waals surface area contributed by atoms with Gasteiger partial charge in [0.15, 0.2) is 14.6 Å². The molecule has 1 amide bonds. The van der Waals surface area contributed by atoms with Crippen molar-refractivity contribution in [3.05, 3.63) is 29.8 Å². The highest BCUT2D eigenvalue weighted by molar-refractivity contribution is 7.92. The molecule has 2 N–H and O–H groups in total. The van der Waals surface area contributed by atoms with Gasteiger partial charge in [-0.2, -0.15) is 0 Å². The fourth-order valence-electron chi connectivity index (χ4n) is 3.08. The molecule has 1 aliphatic rings. The van der Waals surface area contributed by atoms with Gasteiger partial charge in [-0.05, 0) is 57.0 Å². The van der Waals surface area contributed by atoms with Gasteiger partial charge in [0.1, 0.15) is 0 Å². The third kappa shape index (κ3) is 5.92. The lowest BCUT2D eigenvalue weighted by Crippen LogP contribution is -2.55. The summed E-state index contributed by atoms with van der Waals surface area (Å²) in [6.45, 7) is 3.11. The Balaban J connectivity index is 0.00000364. The molecule has 1 aromatic carbocycles. The van der Waals surface area contributed by atoms with Crippen LogP contribution in [0.1, 0.15) is 31.7 Å². The maximum atomic E-state index is 12.7. The molecule has 1 aromatic rings. The van der Waals surface area contributed by atoms with E-state index in [1.165, 1.54) is 0 Å².